The third-order valence-corrected chi connectivity index (χ3v) is 4.38. The molecule has 31 heavy (non-hydrogen) atoms. The van der Waals surface area contributed by atoms with E-state index in [9.17, 15) is 18.8 Å². The Morgan fingerprint density at radius 2 is 1.45 bits per heavy atom. The fourth-order valence-electron chi connectivity index (χ4n) is 2.70. The van der Waals surface area contributed by atoms with Gasteiger partial charge < -0.3 is 11.1 Å². The standard InChI is InChI=1S/C23H19FN4O3/c1-14(27-28-23(31)16-10-8-15(9-11-16)21(25)29)17-4-3-7-20(13-17)26-22(30)18-5-2-6-19(24)12-18/h2-13H,1H3,(H2,25,29)(H,26,30)(H,28,31)/b27-14+. The molecule has 0 saturated heterocycles. The minimum atomic E-state index is -0.579. The number of carbonyl (C=O) groups excluding carboxylic acids is 3. The van der Waals surface area contributed by atoms with Crippen LogP contribution in [0.25, 0.3) is 0 Å². The number of nitrogens with zero attached hydrogens (tertiary/aromatic N) is 1. The molecule has 0 atom stereocenters. The highest BCUT2D eigenvalue weighted by Gasteiger charge is 2.09. The number of benzene rings is 3. The van der Waals surface area contributed by atoms with Gasteiger partial charge >= 0.3 is 0 Å². The number of amides is 3. The number of halogens is 1. The number of hydrogen-bond donors (Lipinski definition) is 3. The molecule has 0 heterocycles. The smallest absolute Gasteiger partial charge is 0.271 e. The molecule has 0 aliphatic heterocycles. The van der Waals surface area contributed by atoms with Crippen molar-refractivity contribution in [2.75, 3.05) is 5.32 Å². The summed E-state index contributed by atoms with van der Waals surface area (Å²) in [5, 5.41) is 6.78. The normalized spacial score (nSPS) is 11.0. The first-order valence-electron chi connectivity index (χ1n) is 9.25. The number of carbonyl (C=O) groups is 3. The van der Waals surface area contributed by atoms with Crippen LogP contribution in [0.4, 0.5) is 10.1 Å². The van der Waals surface area contributed by atoms with Gasteiger partial charge in [-0.3, -0.25) is 14.4 Å². The number of rotatable bonds is 6. The Morgan fingerprint density at radius 1 is 0.806 bits per heavy atom. The molecule has 0 spiro atoms. The average Bonchev–Trinajstić information content (AvgIpc) is 2.77. The number of nitrogens with one attached hydrogen (secondary N) is 2. The zero-order valence-corrected chi connectivity index (χ0v) is 16.6. The van der Waals surface area contributed by atoms with Gasteiger partial charge in [0.15, 0.2) is 0 Å². The van der Waals surface area contributed by atoms with Crippen LogP contribution in [0.15, 0.2) is 77.9 Å². The van der Waals surface area contributed by atoms with E-state index in [1.54, 1.807) is 31.2 Å². The molecule has 0 unspecified atom stereocenters. The highest BCUT2D eigenvalue weighted by atomic mass is 19.1. The first kappa shape index (κ1) is 21.4. The molecule has 0 saturated carbocycles. The lowest BCUT2D eigenvalue weighted by atomic mass is 10.1. The first-order chi connectivity index (χ1) is 14.8. The van der Waals surface area contributed by atoms with Crippen LogP contribution in [0.5, 0.6) is 0 Å². The first-order valence-corrected chi connectivity index (χ1v) is 9.25. The molecule has 0 radical (unpaired) electrons. The van der Waals surface area contributed by atoms with Gasteiger partial charge in [-0.2, -0.15) is 5.10 Å². The van der Waals surface area contributed by atoms with Gasteiger partial charge in [0.25, 0.3) is 11.8 Å². The van der Waals surface area contributed by atoms with E-state index in [1.165, 1.54) is 42.5 Å². The van der Waals surface area contributed by atoms with Gasteiger partial charge in [0.2, 0.25) is 5.91 Å². The van der Waals surface area contributed by atoms with Crippen molar-refractivity contribution >= 4 is 29.1 Å². The topological polar surface area (TPSA) is 114 Å². The number of nitrogens with two attached hydrogens (primary N) is 1. The Hall–Kier alpha value is -4.33. The molecule has 0 aromatic heterocycles. The highest BCUT2D eigenvalue weighted by Crippen LogP contribution is 2.14. The number of hydrogen-bond acceptors (Lipinski definition) is 4. The third kappa shape index (κ3) is 5.60. The van der Waals surface area contributed by atoms with Gasteiger partial charge in [0.05, 0.1) is 5.71 Å². The Labute approximate surface area is 177 Å². The van der Waals surface area contributed by atoms with Crippen LogP contribution in [0.2, 0.25) is 0 Å². The van der Waals surface area contributed by atoms with Crippen molar-refractivity contribution < 1.29 is 18.8 Å². The molecular weight excluding hydrogens is 399 g/mol. The largest absolute Gasteiger partial charge is 0.366 e. The lowest BCUT2D eigenvalue weighted by Crippen LogP contribution is -2.20. The molecule has 3 aromatic carbocycles. The summed E-state index contributed by atoms with van der Waals surface area (Å²) in [6.45, 7) is 1.70. The Balaban J connectivity index is 1.68. The van der Waals surface area contributed by atoms with Crippen molar-refractivity contribution in [2.24, 2.45) is 10.8 Å². The van der Waals surface area contributed by atoms with Crippen LogP contribution >= 0.6 is 0 Å². The fourth-order valence-corrected chi connectivity index (χ4v) is 2.70. The van der Waals surface area contributed by atoms with E-state index in [-0.39, 0.29) is 5.56 Å². The lowest BCUT2D eigenvalue weighted by molar-refractivity contribution is 0.0951. The molecule has 7 nitrogen and oxygen atoms in total. The second-order valence-electron chi connectivity index (χ2n) is 6.63. The molecule has 0 aliphatic rings. The van der Waals surface area contributed by atoms with Crippen molar-refractivity contribution in [3.8, 4) is 0 Å². The highest BCUT2D eigenvalue weighted by molar-refractivity contribution is 6.06. The minimum Gasteiger partial charge on any atom is -0.366 e. The van der Waals surface area contributed by atoms with Crippen molar-refractivity contribution in [2.45, 2.75) is 6.92 Å². The minimum absolute atomic E-state index is 0.199. The number of hydrazone groups is 1. The Bertz CT molecular complexity index is 1170. The molecule has 3 amide bonds. The van der Waals surface area contributed by atoms with Gasteiger partial charge in [0.1, 0.15) is 5.82 Å². The van der Waals surface area contributed by atoms with Crippen molar-refractivity contribution in [1.82, 2.24) is 5.43 Å². The van der Waals surface area contributed by atoms with E-state index in [1.807, 2.05) is 0 Å². The summed E-state index contributed by atoms with van der Waals surface area (Å²) >= 11 is 0. The summed E-state index contributed by atoms with van der Waals surface area (Å²) < 4.78 is 13.3. The quantitative estimate of drug-likeness (QED) is 0.421. The zero-order chi connectivity index (χ0) is 22.4. The maximum atomic E-state index is 13.3. The average molecular weight is 418 g/mol. The number of anilines is 1. The summed E-state index contributed by atoms with van der Waals surface area (Å²) in [7, 11) is 0. The van der Waals surface area contributed by atoms with Crippen LogP contribution in [-0.4, -0.2) is 23.4 Å². The summed E-state index contributed by atoms with van der Waals surface area (Å²) in [5.74, 6) is -1.97. The maximum Gasteiger partial charge on any atom is 0.271 e. The summed E-state index contributed by atoms with van der Waals surface area (Å²) in [6.07, 6.45) is 0. The molecule has 156 valence electrons. The van der Waals surface area contributed by atoms with Gasteiger partial charge in [-0.05, 0) is 67.1 Å². The second-order valence-corrected chi connectivity index (χ2v) is 6.63. The van der Waals surface area contributed by atoms with E-state index in [2.05, 4.69) is 15.8 Å². The van der Waals surface area contributed by atoms with Crippen LogP contribution in [0.1, 0.15) is 43.6 Å². The van der Waals surface area contributed by atoms with E-state index in [0.717, 1.165) is 6.07 Å². The van der Waals surface area contributed by atoms with Crippen LogP contribution < -0.4 is 16.5 Å². The molecule has 3 rings (SSSR count). The molecule has 0 fully saturated rings. The molecule has 3 aromatic rings. The predicted molar refractivity (Wildman–Crippen MR) is 115 cm³/mol. The molecule has 0 bridgehead atoms. The van der Waals surface area contributed by atoms with Crippen molar-refractivity contribution in [3.63, 3.8) is 0 Å². The van der Waals surface area contributed by atoms with Crippen molar-refractivity contribution in [3.05, 3.63) is 101 Å². The van der Waals surface area contributed by atoms with Gasteiger partial charge in [-0.25, -0.2) is 9.82 Å². The van der Waals surface area contributed by atoms with Gasteiger partial charge in [0, 0.05) is 22.4 Å². The number of primary amides is 1. The van der Waals surface area contributed by atoms with E-state index in [4.69, 9.17) is 5.73 Å². The summed E-state index contributed by atoms with van der Waals surface area (Å²) in [6, 6.07) is 18.1. The SMILES string of the molecule is C/C(=N\NC(=O)c1ccc(C(N)=O)cc1)c1cccc(NC(=O)c2cccc(F)c2)c1. The third-order valence-electron chi connectivity index (χ3n) is 4.38. The molecule has 4 N–H and O–H groups in total. The zero-order valence-electron chi connectivity index (χ0n) is 16.6. The monoisotopic (exact) mass is 418 g/mol. The predicted octanol–water partition coefficient (Wildman–Crippen LogP) is 3.33. The van der Waals surface area contributed by atoms with Gasteiger partial charge in [-0.15, -0.1) is 0 Å². The van der Waals surface area contributed by atoms with Crippen LogP contribution in [0, 0.1) is 5.82 Å². The summed E-state index contributed by atoms with van der Waals surface area (Å²) in [5.41, 5.74) is 10.1. The van der Waals surface area contributed by atoms with E-state index >= 15 is 0 Å². The molecular formula is C23H19FN4O3. The summed E-state index contributed by atoms with van der Waals surface area (Å²) in [4.78, 5) is 35.6. The fraction of sp³-hybridized carbons (Fsp3) is 0.0435. The van der Waals surface area contributed by atoms with Crippen LogP contribution in [0.3, 0.4) is 0 Å². The maximum absolute atomic E-state index is 13.3. The lowest BCUT2D eigenvalue weighted by Gasteiger charge is -2.08. The second kappa shape index (κ2) is 9.45. The molecule has 0 aliphatic carbocycles. The Morgan fingerprint density at radius 3 is 2.13 bits per heavy atom. The van der Waals surface area contributed by atoms with Crippen LogP contribution in [-0.2, 0) is 0 Å². The van der Waals surface area contributed by atoms with Crippen molar-refractivity contribution in [1.29, 1.82) is 0 Å². The van der Waals surface area contributed by atoms with Gasteiger partial charge in [-0.1, -0.05) is 18.2 Å². The Kier molecular flexibility index (Phi) is 6.51. The van der Waals surface area contributed by atoms with E-state index < -0.39 is 23.5 Å². The van der Waals surface area contributed by atoms with E-state index in [0.29, 0.717) is 28.1 Å². The molecule has 8 heteroatoms.